The second kappa shape index (κ2) is 6.09. The third-order valence-electron chi connectivity index (χ3n) is 2.33. The van der Waals surface area contributed by atoms with E-state index in [2.05, 4.69) is 0 Å². The normalized spacial score (nSPS) is 11.9. The molecule has 0 unspecified atom stereocenters. The summed E-state index contributed by atoms with van der Waals surface area (Å²) < 4.78 is 55.9. The summed E-state index contributed by atoms with van der Waals surface area (Å²) >= 11 is 0. The van der Waals surface area contributed by atoms with Gasteiger partial charge in [0.1, 0.15) is 5.82 Å². The van der Waals surface area contributed by atoms with Gasteiger partial charge in [-0.2, -0.15) is 0 Å². The van der Waals surface area contributed by atoms with Crippen molar-refractivity contribution in [1.29, 1.82) is 0 Å². The van der Waals surface area contributed by atoms with Gasteiger partial charge in [-0.1, -0.05) is 5.46 Å². The van der Waals surface area contributed by atoms with E-state index in [9.17, 15) is 17.3 Å². The maximum atomic E-state index is 12.8. The van der Waals surface area contributed by atoms with Crippen molar-refractivity contribution in [2.45, 2.75) is 6.42 Å². The van der Waals surface area contributed by atoms with Crippen LogP contribution in [-0.4, -0.2) is 39.1 Å². The molecule has 1 rings (SSSR count). The Morgan fingerprint density at radius 3 is 2.44 bits per heavy atom. The lowest BCUT2D eigenvalue weighted by molar-refractivity contribution is 0.282. The zero-order chi connectivity index (χ0) is 13.8. The highest BCUT2D eigenvalue weighted by atomic mass is 19.4. The summed E-state index contributed by atoms with van der Waals surface area (Å²) in [5.41, 5.74) is -1.01. The van der Waals surface area contributed by atoms with Gasteiger partial charge in [-0.05, 0) is 38.7 Å². The Bertz CT molecular complexity index is 395. The van der Waals surface area contributed by atoms with Gasteiger partial charge in [-0.3, -0.25) is 0 Å². The average Bonchev–Trinajstić information content (AvgIpc) is 2.24. The Morgan fingerprint density at radius 1 is 1.22 bits per heavy atom. The molecule has 1 aromatic rings. The summed E-state index contributed by atoms with van der Waals surface area (Å²) in [4.78, 5) is 1.91. The lowest BCUT2D eigenvalue weighted by Crippen LogP contribution is -2.36. The number of ether oxygens (including phenoxy) is 1. The Hall–Kier alpha value is -1.24. The molecule has 0 bridgehead atoms. The van der Waals surface area contributed by atoms with Crippen molar-refractivity contribution in [1.82, 2.24) is 4.90 Å². The van der Waals surface area contributed by atoms with Crippen LogP contribution in [0.3, 0.4) is 0 Å². The van der Waals surface area contributed by atoms with E-state index in [0.717, 1.165) is 12.1 Å². The summed E-state index contributed by atoms with van der Waals surface area (Å²) in [7, 11) is 3.73. The van der Waals surface area contributed by atoms with E-state index in [0.29, 0.717) is 19.0 Å². The minimum Gasteiger partial charge on any atom is -0.497 e. The topological polar surface area (TPSA) is 12.5 Å². The lowest BCUT2D eigenvalue weighted by Gasteiger charge is -2.20. The Kier molecular flexibility index (Phi) is 5.01. The summed E-state index contributed by atoms with van der Waals surface area (Å²) in [5.74, 6) is -1.22. The largest absolute Gasteiger partial charge is 0.513 e. The van der Waals surface area contributed by atoms with Gasteiger partial charge in [0, 0.05) is 6.54 Å². The van der Waals surface area contributed by atoms with Gasteiger partial charge in [0.2, 0.25) is 0 Å². The molecular weight excluding hydrogens is 249 g/mol. The predicted octanol–water partition coefficient (Wildman–Crippen LogP) is 2.21. The molecule has 0 heterocycles. The van der Waals surface area contributed by atoms with Crippen LogP contribution in [0.5, 0.6) is 5.75 Å². The minimum atomic E-state index is -5.27. The van der Waals surface area contributed by atoms with E-state index in [-0.39, 0.29) is 12.4 Å². The van der Waals surface area contributed by atoms with E-state index in [1.807, 2.05) is 19.0 Å². The van der Waals surface area contributed by atoms with E-state index in [4.69, 9.17) is 4.74 Å². The van der Waals surface area contributed by atoms with E-state index in [1.165, 1.54) is 0 Å². The first-order valence-corrected chi connectivity index (χ1v) is 5.57. The van der Waals surface area contributed by atoms with Crippen molar-refractivity contribution in [3.8, 4) is 5.75 Å². The van der Waals surface area contributed by atoms with Crippen LogP contribution < -0.4 is 10.2 Å². The number of hydrogen-bond donors (Lipinski definition) is 0. The van der Waals surface area contributed by atoms with Gasteiger partial charge >= 0.3 is 6.98 Å². The predicted molar refractivity (Wildman–Crippen MR) is 63.8 cm³/mol. The first kappa shape index (κ1) is 14.8. The molecule has 0 atom stereocenters. The van der Waals surface area contributed by atoms with Gasteiger partial charge in [0.15, 0.2) is 0 Å². The molecular formula is C11H15BF4NO-. The molecule has 0 saturated carbocycles. The molecule has 0 N–H and O–H groups in total. The zero-order valence-corrected chi connectivity index (χ0v) is 10.3. The third-order valence-corrected chi connectivity index (χ3v) is 2.33. The SMILES string of the molecule is CN(C)CCCOc1ccc(F)cc1[B-](F)(F)F. The quantitative estimate of drug-likeness (QED) is 0.443. The van der Waals surface area contributed by atoms with Gasteiger partial charge in [-0.15, -0.1) is 0 Å². The molecule has 0 amide bonds. The van der Waals surface area contributed by atoms with Crippen LogP contribution >= 0.6 is 0 Å². The lowest BCUT2D eigenvalue weighted by atomic mass is 9.79. The molecule has 0 aromatic heterocycles. The first-order valence-electron chi connectivity index (χ1n) is 5.57. The summed E-state index contributed by atoms with van der Waals surface area (Å²) in [6.07, 6.45) is 0.606. The third kappa shape index (κ3) is 4.56. The molecule has 0 fully saturated rings. The molecule has 7 heteroatoms. The van der Waals surface area contributed by atoms with Crippen LogP contribution in [0.1, 0.15) is 6.42 Å². The van der Waals surface area contributed by atoms with E-state index in [1.54, 1.807) is 0 Å². The van der Waals surface area contributed by atoms with E-state index >= 15 is 0 Å². The van der Waals surface area contributed by atoms with Crippen molar-refractivity contribution in [2.24, 2.45) is 0 Å². The number of halogens is 4. The average molecular weight is 264 g/mol. The van der Waals surface area contributed by atoms with Crippen LogP contribution in [0.25, 0.3) is 0 Å². The number of hydrogen-bond acceptors (Lipinski definition) is 2. The fraction of sp³-hybridized carbons (Fsp3) is 0.455. The van der Waals surface area contributed by atoms with Gasteiger partial charge in [0.05, 0.1) is 12.4 Å². The Morgan fingerprint density at radius 2 is 1.89 bits per heavy atom. The van der Waals surface area contributed by atoms with Gasteiger partial charge < -0.3 is 22.6 Å². The van der Waals surface area contributed by atoms with Crippen molar-refractivity contribution >= 4 is 12.4 Å². The number of benzene rings is 1. The summed E-state index contributed by atoms with van der Waals surface area (Å²) in [6.45, 7) is -4.38. The second-order valence-electron chi connectivity index (χ2n) is 4.26. The van der Waals surface area contributed by atoms with Gasteiger partial charge in [-0.25, -0.2) is 4.39 Å². The molecule has 102 valence electrons. The molecule has 0 aliphatic heterocycles. The van der Waals surface area contributed by atoms with Crippen molar-refractivity contribution < 1.29 is 22.1 Å². The molecule has 1 aromatic carbocycles. The fourth-order valence-electron chi connectivity index (χ4n) is 1.47. The fourth-order valence-corrected chi connectivity index (χ4v) is 1.47. The van der Waals surface area contributed by atoms with Crippen LogP contribution in [0.2, 0.25) is 0 Å². The van der Waals surface area contributed by atoms with Crippen molar-refractivity contribution in [3.63, 3.8) is 0 Å². The molecule has 18 heavy (non-hydrogen) atoms. The summed E-state index contributed by atoms with van der Waals surface area (Å²) in [6, 6.07) is 2.46. The number of rotatable bonds is 6. The van der Waals surface area contributed by atoms with E-state index < -0.39 is 18.3 Å². The second-order valence-corrected chi connectivity index (χ2v) is 4.26. The Balaban J connectivity index is 2.70. The van der Waals surface area contributed by atoms with Crippen LogP contribution in [0, 0.1) is 5.82 Å². The van der Waals surface area contributed by atoms with Crippen LogP contribution in [-0.2, 0) is 0 Å². The smallest absolute Gasteiger partial charge is 0.497 e. The molecule has 0 aliphatic carbocycles. The Labute approximate surface area is 104 Å². The standard InChI is InChI=1S/C11H15BF4NO/c1-17(2)6-3-7-18-11-5-4-9(13)8-10(11)12(14,15)16/h4-5,8H,3,6-7H2,1-2H3/q-1. The highest BCUT2D eigenvalue weighted by Gasteiger charge is 2.29. The highest BCUT2D eigenvalue weighted by molar-refractivity contribution is 6.74. The van der Waals surface area contributed by atoms with Crippen molar-refractivity contribution in [3.05, 3.63) is 24.0 Å². The number of nitrogens with zero attached hydrogens (tertiary/aromatic N) is 1. The van der Waals surface area contributed by atoms with Crippen LogP contribution in [0.15, 0.2) is 18.2 Å². The molecule has 2 nitrogen and oxygen atoms in total. The van der Waals surface area contributed by atoms with Crippen molar-refractivity contribution in [2.75, 3.05) is 27.2 Å². The van der Waals surface area contributed by atoms with Crippen LogP contribution in [0.4, 0.5) is 17.3 Å². The minimum absolute atomic E-state index is 0.170. The molecule has 0 radical (unpaired) electrons. The highest BCUT2D eigenvalue weighted by Crippen LogP contribution is 2.18. The zero-order valence-electron chi connectivity index (χ0n) is 10.3. The van der Waals surface area contributed by atoms with Gasteiger partial charge in [0.25, 0.3) is 0 Å². The maximum Gasteiger partial charge on any atom is 0.513 e. The molecule has 0 aliphatic rings. The summed E-state index contributed by atoms with van der Waals surface area (Å²) in [5, 5.41) is 0. The maximum absolute atomic E-state index is 12.8. The monoisotopic (exact) mass is 264 g/mol. The molecule has 0 spiro atoms. The first-order chi connectivity index (χ1) is 8.30. The molecule has 0 saturated heterocycles.